The van der Waals surface area contributed by atoms with Crippen molar-refractivity contribution in [2.45, 2.75) is 33.6 Å². The van der Waals surface area contributed by atoms with Gasteiger partial charge in [0.15, 0.2) is 0 Å². The Morgan fingerprint density at radius 3 is 1.86 bits per heavy atom. The second kappa shape index (κ2) is 4.27. The molecule has 1 amide bonds. The van der Waals surface area contributed by atoms with Crippen molar-refractivity contribution in [2.24, 2.45) is 5.73 Å². The van der Waals surface area contributed by atoms with E-state index in [1.165, 1.54) is 5.56 Å². The number of rotatable bonds is 1. The molecular formula is C12H19NO. The molecule has 1 rings (SSSR count). The Bertz CT molecular complexity index is 306. The van der Waals surface area contributed by atoms with E-state index in [1.807, 2.05) is 12.1 Å². The summed E-state index contributed by atoms with van der Waals surface area (Å²) in [5.74, 6) is -0.375. The topological polar surface area (TPSA) is 43.1 Å². The molecule has 0 spiro atoms. The number of hydrogen-bond donors (Lipinski definition) is 1. The first-order chi connectivity index (χ1) is 5.91. The summed E-state index contributed by atoms with van der Waals surface area (Å²) in [5.41, 5.74) is 7.02. The third-order valence-electron chi connectivity index (χ3n) is 2.04. The summed E-state index contributed by atoms with van der Waals surface area (Å²) in [6.07, 6.45) is 0. The van der Waals surface area contributed by atoms with Crippen molar-refractivity contribution in [1.82, 2.24) is 0 Å². The Hall–Kier alpha value is -1.31. The maximum Gasteiger partial charge on any atom is 0.248 e. The van der Waals surface area contributed by atoms with E-state index in [9.17, 15) is 4.79 Å². The van der Waals surface area contributed by atoms with Crippen molar-refractivity contribution in [3.8, 4) is 0 Å². The Balaban J connectivity index is 0.00000169. The van der Waals surface area contributed by atoms with Gasteiger partial charge in [-0.1, -0.05) is 40.3 Å². The molecule has 78 valence electrons. The zero-order valence-electron chi connectivity index (χ0n) is 8.29. The SMILES string of the molecule is C.CC(C)(C)c1ccc(C(N)=O)cc1. The maximum absolute atomic E-state index is 10.8. The molecule has 14 heavy (non-hydrogen) atoms. The molecule has 0 saturated carbocycles. The molecule has 0 heterocycles. The quantitative estimate of drug-likeness (QED) is 0.732. The van der Waals surface area contributed by atoms with Crippen LogP contribution in [0.5, 0.6) is 0 Å². The molecule has 0 aliphatic heterocycles. The number of nitrogens with two attached hydrogens (primary N) is 1. The lowest BCUT2D eigenvalue weighted by Gasteiger charge is -2.18. The molecule has 2 heteroatoms. The fourth-order valence-electron chi connectivity index (χ4n) is 1.13. The Labute approximate surface area is 86.1 Å². The van der Waals surface area contributed by atoms with Gasteiger partial charge in [-0.2, -0.15) is 0 Å². The average Bonchev–Trinajstić information content (AvgIpc) is 2.03. The molecule has 0 saturated heterocycles. The van der Waals surface area contributed by atoms with E-state index in [0.29, 0.717) is 5.56 Å². The fraction of sp³-hybridized carbons (Fsp3) is 0.417. The van der Waals surface area contributed by atoms with E-state index in [0.717, 1.165) is 0 Å². The molecule has 0 aromatic heterocycles. The number of amides is 1. The molecule has 0 aliphatic carbocycles. The molecule has 0 fully saturated rings. The van der Waals surface area contributed by atoms with Gasteiger partial charge >= 0.3 is 0 Å². The van der Waals surface area contributed by atoms with Crippen LogP contribution in [0, 0.1) is 0 Å². The first kappa shape index (κ1) is 12.7. The van der Waals surface area contributed by atoms with E-state index in [4.69, 9.17) is 5.73 Å². The predicted molar refractivity (Wildman–Crippen MR) is 60.4 cm³/mol. The normalized spacial score (nSPS) is 10.5. The third kappa shape index (κ3) is 2.87. The number of primary amides is 1. The average molecular weight is 193 g/mol. The van der Waals surface area contributed by atoms with Crippen LogP contribution in [0.2, 0.25) is 0 Å². The summed E-state index contributed by atoms with van der Waals surface area (Å²) in [6.45, 7) is 6.39. The van der Waals surface area contributed by atoms with Crippen molar-refractivity contribution >= 4 is 5.91 Å². The van der Waals surface area contributed by atoms with Crippen LogP contribution in [-0.4, -0.2) is 5.91 Å². The molecule has 0 aliphatic rings. The summed E-state index contributed by atoms with van der Waals surface area (Å²) in [5, 5.41) is 0. The summed E-state index contributed by atoms with van der Waals surface area (Å²) < 4.78 is 0. The van der Waals surface area contributed by atoms with E-state index in [-0.39, 0.29) is 18.7 Å². The Morgan fingerprint density at radius 1 is 1.14 bits per heavy atom. The molecule has 1 aromatic rings. The largest absolute Gasteiger partial charge is 0.366 e. The van der Waals surface area contributed by atoms with Crippen molar-refractivity contribution in [3.05, 3.63) is 35.4 Å². The van der Waals surface area contributed by atoms with Gasteiger partial charge in [-0.3, -0.25) is 4.79 Å². The summed E-state index contributed by atoms with van der Waals surface area (Å²) in [4.78, 5) is 10.8. The lowest BCUT2D eigenvalue weighted by molar-refractivity contribution is 0.1000. The predicted octanol–water partition coefficient (Wildman–Crippen LogP) is 2.72. The molecule has 0 atom stereocenters. The van der Waals surface area contributed by atoms with Gasteiger partial charge in [-0.25, -0.2) is 0 Å². The van der Waals surface area contributed by atoms with Gasteiger partial charge in [-0.15, -0.1) is 0 Å². The van der Waals surface area contributed by atoms with Crippen LogP contribution in [0.4, 0.5) is 0 Å². The van der Waals surface area contributed by atoms with Crippen LogP contribution < -0.4 is 5.73 Å². The highest BCUT2D eigenvalue weighted by atomic mass is 16.1. The van der Waals surface area contributed by atoms with E-state index in [1.54, 1.807) is 12.1 Å². The summed E-state index contributed by atoms with van der Waals surface area (Å²) in [6, 6.07) is 7.42. The van der Waals surface area contributed by atoms with Crippen LogP contribution >= 0.6 is 0 Å². The van der Waals surface area contributed by atoms with E-state index < -0.39 is 0 Å². The number of carbonyl (C=O) groups excluding carboxylic acids is 1. The van der Waals surface area contributed by atoms with E-state index >= 15 is 0 Å². The number of hydrogen-bond acceptors (Lipinski definition) is 1. The van der Waals surface area contributed by atoms with Gasteiger partial charge in [0.05, 0.1) is 0 Å². The van der Waals surface area contributed by atoms with Crippen molar-refractivity contribution in [3.63, 3.8) is 0 Å². The number of benzene rings is 1. The highest BCUT2D eigenvalue weighted by Crippen LogP contribution is 2.21. The molecule has 0 radical (unpaired) electrons. The van der Waals surface area contributed by atoms with Crippen LogP contribution in [0.15, 0.2) is 24.3 Å². The molecule has 0 bridgehead atoms. The van der Waals surface area contributed by atoms with Crippen molar-refractivity contribution < 1.29 is 4.79 Å². The summed E-state index contributed by atoms with van der Waals surface area (Å²) in [7, 11) is 0. The van der Waals surface area contributed by atoms with Crippen molar-refractivity contribution in [2.75, 3.05) is 0 Å². The second-order valence-electron chi connectivity index (χ2n) is 4.19. The smallest absolute Gasteiger partial charge is 0.248 e. The van der Waals surface area contributed by atoms with Gasteiger partial charge in [0.2, 0.25) is 5.91 Å². The lowest BCUT2D eigenvalue weighted by atomic mass is 9.87. The first-order valence-corrected chi connectivity index (χ1v) is 4.31. The zero-order valence-corrected chi connectivity index (χ0v) is 8.29. The maximum atomic E-state index is 10.8. The van der Waals surface area contributed by atoms with Crippen LogP contribution in [0.3, 0.4) is 0 Å². The monoisotopic (exact) mass is 193 g/mol. The van der Waals surface area contributed by atoms with Gasteiger partial charge in [0, 0.05) is 5.56 Å². The minimum absolute atomic E-state index is 0. The minimum atomic E-state index is -0.375. The van der Waals surface area contributed by atoms with Gasteiger partial charge in [0.25, 0.3) is 0 Å². The van der Waals surface area contributed by atoms with Gasteiger partial charge in [0.1, 0.15) is 0 Å². The molecular weight excluding hydrogens is 174 g/mol. The standard InChI is InChI=1S/C11H15NO.CH4/c1-11(2,3)9-6-4-8(5-7-9)10(12)13;/h4-7H,1-3H3,(H2,12,13);1H4. The minimum Gasteiger partial charge on any atom is -0.366 e. The first-order valence-electron chi connectivity index (χ1n) is 4.31. The van der Waals surface area contributed by atoms with Gasteiger partial charge in [-0.05, 0) is 23.1 Å². The highest BCUT2D eigenvalue weighted by molar-refractivity contribution is 5.92. The lowest BCUT2D eigenvalue weighted by Crippen LogP contribution is -2.13. The summed E-state index contributed by atoms with van der Waals surface area (Å²) >= 11 is 0. The van der Waals surface area contributed by atoms with E-state index in [2.05, 4.69) is 20.8 Å². The molecule has 2 N–H and O–H groups in total. The van der Waals surface area contributed by atoms with Crippen LogP contribution in [0.25, 0.3) is 0 Å². The second-order valence-corrected chi connectivity index (χ2v) is 4.19. The molecule has 1 aromatic carbocycles. The Morgan fingerprint density at radius 2 is 1.57 bits per heavy atom. The van der Waals surface area contributed by atoms with Gasteiger partial charge < -0.3 is 5.73 Å². The molecule has 0 unspecified atom stereocenters. The molecule has 2 nitrogen and oxygen atoms in total. The zero-order chi connectivity index (χ0) is 10.1. The Kier molecular flexibility index (Phi) is 3.87. The third-order valence-corrected chi connectivity index (χ3v) is 2.04. The van der Waals surface area contributed by atoms with Crippen molar-refractivity contribution in [1.29, 1.82) is 0 Å². The highest BCUT2D eigenvalue weighted by Gasteiger charge is 2.13. The van der Waals surface area contributed by atoms with Crippen LogP contribution in [0.1, 0.15) is 44.1 Å². The fourth-order valence-corrected chi connectivity index (χ4v) is 1.13. The van der Waals surface area contributed by atoms with Crippen LogP contribution in [-0.2, 0) is 5.41 Å². The number of carbonyl (C=O) groups is 1.